The first-order chi connectivity index (χ1) is 10.2. The van der Waals surface area contributed by atoms with Crippen molar-refractivity contribution >= 4 is 0 Å². The molecule has 0 saturated heterocycles. The molecule has 0 amide bonds. The first-order valence-corrected chi connectivity index (χ1v) is 7.67. The van der Waals surface area contributed by atoms with Crippen LogP contribution in [0.3, 0.4) is 0 Å². The van der Waals surface area contributed by atoms with E-state index < -0.39 is 0 Å². The minimum absolute atomic E-state index is 0.185. The maximum absolute atomic E-state index is 5.46. The van der Waals surface area contributed by atoms with Gasteiger partial charge in [0, 0.05) is 24.0 Å². The number of nitrogens with one attached hydrogen (secondary N) is 1. The third kappa shape index (κ3) is 3.67. The van der Waals surface area contributed by atoms with Gasteiger partial charge in [-0.3, -0.25) is 4.98 Å². The molecule has 0 aliphatic heterocycles. The van der Waals surface area contributed by atoms with Gasteiger partial charge in [0.25, 0.3) is 0 Å². The number of hydrogen-bond donors (Lipinski definition) is 1. The van der Waals surface area contributed by atoms with E-state index in [9.17, 15) is 0 Å². The quantitative estimate of drug-likeness (QED) is 0.847. The van der Waals surface area contributed by atoms with Crippen LogP contribution >= 0.6 is 0 Å². The molecule has 0 aromatic carbocycles. The van der Waals surface area contributed by atoms with Gasteiger partial charge in [0.2, 0.25) is 11.7 Å². The second kappa shape index (κ2) is 7.31. The first kappa shape index (κ1) is 15.6. The number of hydrogen-bond acceptors (Lipinski definition) is 5. The lowest BCUT2D eigenvalue weighted by Gasteiger charge is -2.17. The van der Waals surface area contributed by atoms with Crippen molar-refractivity contribution in [1.29, 1.82) is 0 Å². The second-order valence-corrected chi connectivity index (χ2v) is 5.37. The Morgan fingerprint density at radius 3 is 2.81 bits per heavy atom. The lowest BCUT2D eigenvalue weighted by molar-refractivity contribution is 0.331. The molecule has 0 bridgehead atoms. The third-order valence-corrected chi connectivity index (χ3v) is 3.82. The van der Waals surface area contributed by atoms with Gasteiger partial charge in [0.15, 0.2) is 0 Å². The van der Waals surface area contributed by atoms with Crippen LogP contribution in [-0.4, -0.2) is 27.7 Å². The van der Waals surface area contributed by atoms with Gasteiger partial charge in [-0.05, 0) is 37.9 Å². The number of aromatic nitrogens is 3. The molecule has 114 valence electrons. The van der Waals surface area contributed by atoms with E-state index in [1.165, 1.54) is 0 Å². The molecule has 2 atom stereocenters. The smallest absolute Gasteiger partial charge is 0.231 e. The predicted molar refractivity (Wildman–Crippen MR) is 83.1 cm³/mol. The van der Waals surface area contributed by atoms with Crippen molar-refractivity contribution in [2.75, 3.05) is 6.54 Å². The van der Waals surface area contributed by atoms with Gasteiger partial charge in [-0.2, -0.15) is 4.98 Å². The highest BCUT2D eigenvalue weighted by Gasteiger charge is 2.21. The van der Waals surface area contributed by atoms with Gasteiger partial charge >= 0.3 is 0 Å². The number of nitrogens with zero attached hydrogens (tertiary/aromatic N) is 3. The van der Waals surface area contributed by atoms with Gasteiger partial charge in [0.05, 0.1) is 5.92 Å². The molecule has 1 N–H and O–H groups in total. The molecule has 0 aliphatic carbocycles. The highest BCUT2D eigenvalue weighted by molar-refractivity contribution is 5.58. The summed E-state index contributed by atoms with van der Waals surface area (Å²) in [4.78, 5) is 8.72. The summed E-state index contributed by atoms with van der Waals surface area (Å²) in [5.41, 5.74) is 2.14. The zero-order valence-corrected chi connectivity index (χ0v) is 13.3. The Morgan fingerprint density at radius 1 is 1.29 bits per heavy atom. The van der Waals surface area contributed by atoms with E-state index in [0.29, 0.717) is 17.8 Å². The topological polar surface area (TPSA) is 63.8 Å². The van der Waals surface area contributed by atoms with E-state index in [2.05, 4.69) is 48.1 Å². The van der Waals surface area contributed by atoms with E-state index in [4.69, 9.17) is 4.52 Å². The van der Waals surface area contributed by atoms with Crippen molar-refractivity contribution in [3.8, 4) is 11.4 Å². The minimum Gasteiger partial charge on any atom is -0.339 e. The molecule has 5 heteroatoms. The summed E-state index contributed by atoms with van der Waals surface area (Å²) < 4.78 is 5.46. The van der Waals surface area contributed by atoms with Crippen LogP contribution in [0.5, 0.6) is 0 Å². The molecule has 0 saturated carbocycles. The highest BCUT2D eigenvalue weighted by Crippen LogP contribution is 2.24. The number of rotatable bonds is 7. The van der Waals surface area contributed by atoms with Crippen molar-refractivity contribution < 1.29 is 4.52 Å². The lowest BCUT2D eigenvalue weighted by Crippen LogP contribution is -2.31. The van der Waals surface area contributed by atoms with E-state index in [0.717, 1.165) is 30.5 Å². The van der Waals surface area contributed by atoms with Crippen molar-refractivity contribution in [1.82, 2.24) is 20.4 Å². The Balaban J connectivity index is 2.17. The zero-order valence-electron chi connectivity index (χ0n) is 13.3. The fourth-order valence-corrected chi connectivity index (χ4v) is 2.22. The van der Waals surface area contributed by atoms with Crippen molar-refractivity contribution in [2.45, 2.75) is 52.5 Å². The Hall–Kier alpha value is -1.75. The SMILES string of the molecule is CCCNC(C)C(C)c1nc(-c2ccncc2CC)no1. The Kier molecular flexibility index (Phi) is 5.44. The summed E-state index contributed by atoms with van der Waals surface area (Å²) in [5, 5.41) is 7.60. The summed E-state index contributed by atoms with van der Waals surface area (Å²) in [5.74, 6) is 1.52. The molecule has 2 rings (SSSR count). The number of aryl methyl sites for hydroxylation is 1. The van der Waals surface area contributed by atoms with Crippen LogP contribution < -0.4 is 5.32 Å². The predicted octanol–water partition coefficient (Wildman–Crippen LogP) is 3.19. The molecule has 5 nitrogen and oxygen atoms in total. The van der Waals surface area contributed by atoms with Crippen molar-refractivity contribution in [3.05, 3.63) is 29.9 Å². The van der Waals surface area contributed by atoms with Crippen LogP contribution in [0, 0.1) is 0 Å². The molecule has 0 aliphatic rings. The molecule has 0 fully saturated rings. The highest BCUT2D eigenvalue weighted by atomic mass is 16.5. The summed E-state index contributed by atoms with van der Waals surface area (Å²) in [6, 6.07) is 2.25. The maximum atomic E-state index is 5.46. The average molecular weight is 288 g/mol. The standard InChI is InChI=1S/C16H24N4O/c1-5-8-18-12(4)11(3)16-19-15(20-21-16)14-7-9-17-10-13(14)6-2/h7,9-12,18H,5-6,8H2,1-4H3. The van der Waals surface area contributed by atoms with Crippen LogP contribution in [0.1, 0.15) is 51.5 Å². The summed E-state index contributed by atoms with van der Waals surface area (Å²) in [7, 11) is 0. The fourth-order valence-electron chi connectivity index (χ4n) is 2.22. The average Bonchev–Trinajstić information content (AvgIpc) is 3.01. The molecule has 2 aromatic rings. The normalized spacial score (nSPS) is 14.1. The fraction of sp³-hybridized carbons (Fsp3) is 0.562. The summed E-state index contributed by atoms with van der Waals surface area (Å²) >= 11 is 0. The van der Waals surface area contributed by atoms with Crippen LogP contribution in [0.4, 0.5) is 0 Å². The van der Waals surface area contributed by atoms with Crippen LogP contribution in [0.25, 0.3) is 11.4 Å². The molecule has 2 unspecified atom stereocenters. The van der Waals surface area contributed by atoms with E-state index >= 15 is 0 Å². The molecule has 0 radical (unpaired) electrons. The minimum atomic E-state index is 0.185. The largest absolute Gasteiger partial charge is 0.339 e. The van der Waals surface area contributed by atoms with Crippen molar-refractivity contribution in [3.63, 3.8) is 0 Å². The summed E-state index contributed by atoms with van der Waals surface area (Å²) in [6.07, 6.45) is 5.64. The van der Waals surface area contributed by atoms with Crippen LogP contribution in [0.15, 0.2) is 23.0 Å². The van der Waals surface area contributed by atoms with Gasteiger partial charge in [-0.1, -0.05) is 25.9 Å². The van der Waals surface area contributed by atoms with Gasteiger partial charge < -0.3 is 9.84 Å². The summed E-state index contributed by atoms with van der Waals surface area (Å²) in [6.45, 7) is 9.51. The molecular weight excluding hydrogens is 264 g/mol. The second-order valence-electron chi connectivity index (χ2n) is 5.37. The Morgan fingerprint density at radius 2 is 2.10 bits per heavy atom. The number of pyridine rings is 1. The third-order valence-electron chi connectivity index (χ3n) is 3.82. The van der Waals surface area contributed by atoms with Crippen molar-refractivity contribution in [2.24, 2.45) is 0 Å². The first-order valence-electron chi connectivity index (χ1n) is 7.67. The lowest BCUT2D eigenvalue weighted by atomic mass is 10.0. The van der Waals surface area contributed by atoms with Gasteiger partial charge in [0.1, 0.15) is 0 Å². The van der Waals surface area contributed by atoms with Crippen LogP contribution in [0.2, 0.25) is 0 Å². The van der Waals surface area contributed by atoms with Crippen LogP contribution in [-0.2, 0) is 6.42 Å². The van der Waals surface area contributed by atoms with Gasteiger partial charge in [-0.15, -0.1) is 0 Å². The molecule has 2 heterocycles. The zero-order chi connectivity index (χ0) is 15.2. The Labute approximate surface area is 126 Å². The van der Waals surface area contributed by atoms with E-state index in [-0.39, 0.29) is 5.92 Å². The van der Waals surface area contributed by atoms with E-state index in [1.54, 1.807) is 6.20 Å². The monoisotopic (exact) mass is 288 g/mol. The maximum Gasteiger partial charge on any atom is 0.231 e. The van der Waals surface area contributed by atoms with E-state index in [1.807, 2.05) is 12.3 Å². The molecule has 0 spiro atoms. The molecule has 2 aromatic heterocycles. The Bertz CT molecular complexity index is 567. The molecular formula is C16H24N4O. The molecule has 21 heavy (non-hydrogen) atoms. The van der Waals surface area contributed by atoms with Gasteiger partial charge in [-0.25, -0.2) is 0 Å².